The number of halogens is 1. The summed E-state index contributed by atoms with van der Waals surface area (Å²) < 4.78 is 5.41. The van der Waals surface area contributed by atoms with Crippen LogP contribution in [0.4, 0.5) is 5.69 Å². The molecule has 0 bridgehead atoms. The number of rotatable bonds is 9. The number of aromatic carboxylic acids is 1. The van der Waals surface area contributed by atoms with Crippen LogP contribution in [0, 0.1) is 10.1 Å². The van der Waals surface area contributed by atoms with Gasteiger partial charge < -0.3 is 9.84 Å². The molecule has 0 aliphatic heterocycles. The van der Waals surface area contributed by atoms with E-state index in [9.17, 15) is 14.9 Å². The second-order valence-electron chi connectivity index (χ2n) is 4.63. The number of ether oxygens (including phenoxy) is 1. The standard InChI is InChI=1S/C14H18ClNO5/c1-2-3-4-5-6-7-21-13-11(14(17)18)8-10(16(19)20)9-12(13)15/h8-9H,2-7H2,1H3,(H,17,18). The lowest BCUT2D eigenvalue weighted by atomic mass is 10.1. The third-order valence-electron chi connectivity index (χ3n) is 2.96. The Labute approximate surface area is 127 Å². The first-order chi connectivity index (χ1) is 9.97. The van der Waals surface area contributed by atoms with Crippen molar-refractivity contribution >= 4 is 23.3 Å². The number of benzene rings is 1. The Morgan fingerprint density at radius 2 is 2.00 bits per heavy atom. The molecule has 1 aromatic carbocycles. The average molecular weight is 316 g/mol. The zero-order chi connectivity index (χ0) is 15.8. The predicted molar refractivity (Wildman–Crippen MR) is 79.3 cm³/mol. The fraction of sp³-hybridized carbons (Fsp3) is 0.500. The van der Waals surface area contributed by atoms with Crippen molar-refractivity contribution in [2.24, 2.45) is 0 Å². The van der Waals surface area contributed by atoms with Crippen molar-refractivity contribution in [3.8, 4) is 5.75 Å². The first-order valence-corrected chi connectivity index (χ1v) is 7.19. The predicted octanol–water partition coefficient (Wildman–Crippen LogP) is 4.30. The van der Waals surface area contributed by atoms with Gasteiger partial charge in [0.25, 0.3) is 5.69 Å². The minimum atomic E-state index is -1.30. The molecule has 0 aliphatic carbocycles. The van der Waals surface area contributed by atoms with Crippen molar-refractivity contribution in [3.63, 3.8) is 0 Å². The zero-order valence-corrected chi connectivity index (χ0v) is 12.6. The van der Waals surface area contributed by atoms with Gasteiger partial charge in [0.1, 0.15) is 5.56 Å². The molecule has 0 saturated heterocycles. The second-order valence-corrected chi connectivity index (χ2v) is 5.04. The highest BCUT2D eigenvalue weighted by molar-refractivity contribution is 6.32. The summed E-state index contributed by atoms with van der Waals surface area (Å²) in [5.74, 6) is -1.31. The Hall–Kier alpha value is -1.82. The van der Waals surface area contributed by atoms with Crippen molar-refractivity contribution in [2.45, 2.75) is 39.0 Å². The van der Waals surface area contributed by atoms with E-state index in [0.717, 1.165) is 44.2 Å². The molecule has 0 amide bonds. The molecule has 0 heterocycles. The molecule has 6 nitrogen and oxygen atoms in total. The first kappa shape index (κ1) is 17.2. The van der Waals surface area contributed by atoms with Gasteiger partial charge in [-0.25, -0.2) is 4.79 Å². The van der Waals surface area contributed by atoms with Crippen LogP contribution in [0.5, 0.6) is 5.75 Å². The quantitative estimate of drug-likeness (QED) is 0.417. The third kappa shape index (κ3) is 5.23. The number of nitro groups is 1. The fourth-order valence-electron chi connectivity index (χ4n) is 1.87. The van der Waals surface area contributed by atoms with Crippen molar-refractivity contribution < 1.29 is 19.6 Å². The lowest BCUT2D eigenvalue weighted by molar-refractivity contribution is -0.384. The van der Waals surface area contributed by atoms with Gasteiger partial charge in [0.2, 0.25) is 0 Å². The minimum Gasteiger partial charge on any atom is -0.491 e. The van der Waals surface area contributed by atoms with Gasteiger partial charge in [-0.15, -0.1) is 0 Å². The monoisotopic (exact) mass is 315 g/mol. The Morgan fingerprint density at radius 3 is 2.57 bits per heavy atom. The van der Waals surface area contributed by atoms with Crippen LogP contribution in [0.15, 0.2) is 12.1 Å². The van der Waals surface area contributed by atoms with Crippen molar-refractivity contribution in [1.82, 2.24) is 0 Å². The van der Waals surface area contributed by atoms with E-state index >= 15 is 0 Å². The van der Waals surface area contributed by atoms with Crippen LogP contribution in [0.3, 0.4) is 0 Å². The van der Waals surface area contributed by atoms with Crippen molar-refractivity contribution in [3.05, 3.63) is 32.8 Å². The van der Waals surface area contributed by atoms with Gasteiger partial charge in [0, 0.05) is 12.1 Å². The highest BCUT2D eigenvalue weighted by Crippen LogP contribution is 2.33. The number of non-ortho nitro benzene ring substituents is 1. The van der Waals surface area contributed by atoms with Gasteiger partial charge in [-0.3, -0.25) is 10.1 Å². The molecule has 116 valence electrons. The number of carbonyl (C=O) groups is 1. The van der Waals surface area contributed by atoms with E-state index in [1.54, 1.807) is 0 Å². The van der Waals surface area contributed by atoms with Gasteiger partial charge >= 0.3 is 5.97 Å². The minimum absolute atomic E-state index is 0.00902. The number of carboxylic acid groups (broad SMARTS) is 1. The van der Waals surface area contributed by atoms with Gasteiger partial charge in [0.15, 0.2) is 5.75 Å². The molecule has 0 atom stereocenters. The summed E-state index contributed by atoms with van der Waals surface area (Å²) in [5.41, 5.74) is -0.657. The zero-order valence-electron chi connectivity index (χ0n) is 11.8. The van der Waals surface area contributed by atoms with Crippen LogP contribution in [-0.4, -0.2) is 22.6 Å². The molecule has 7 heteroatoms. The van der Waals surface area contributed by atoms with E-state index in [2.05, 4.69) is 6.92 Å². The lowest BCUT2D eigenvalue weighted by Gasteiger charge is -2.11. The molecule has 1 aromatic rings. The van der Waals surface area contributed by atoms with E-state index < -0.39 is 10.9 Å². The largest absolute Gasteiger partial charge is 0.491 e. The summed E-state index contributed by atoms with van der Waals surface area (Å²) in [6.07, 6.45) is 5.16. The van der Waals surface area contributed by atoms with Crippen LogP contribution in [0.25, 0.3) is 0 Å². The Bertz CT molecular complexity index is 518. The number of nitrogens with zero attached hydrogens (tertiary/aromatic N) is 1. The number of nitro benzene ring substituents is 1. The number of hydrogen-bond acceptors (Lipinski definition) is 4. The third-order valence-corrected chi connectivity index (χ3v) is 3.24. The molecule has 0 unspecified atom stereocenters. The van der Waals surface area contributed by atoms with Crippen LogP contribution < -0.4 is 4.74 Å². The van der Waals surface area contributed by atoms with Gasteiger partial charge in [-0.2, -0.15) is 0 Å². The van der Waals surface area contributed by atoms with E-state index in [1.165, 1.54) is 0 Å². The molecule has 0 fully saturated rings. The summed E-state index contributed by atoms with van der Waals surface area (Å²) in [7, 11) is 0. The summed E-state index contributed by atoms with van der Waals surface area (Å²) >= 11 is 5.89. The summed E-state index contributed by atoms with van der Waals surface area (Å²) in [6, 6.07) is 2.06. The molecule has 0 radical (unpaired) electrons. The average Bonchev–Trinajstić information content (AvgIpc) is 2.43. The molecule has 0 saturated carbocycles. The Balaban J connectivity index is 2.76. The Morgan fingerprint density at radius 1 is 1.33 bits per heavy atom. The normalized spacial score (nSPS) is 10.4. The highest BCUT2D eigenvalue weighted by atomic mass is 35.5. The van der Waals surface area contributed by atoms with E-state index in [1.807, 2.05) is 0 Å². The van der Waals surface area contributed by atoms with Gasteiger partial charge in [0.05, 0.1) is 16.6 Å². The topological polar surface area (TPSA) is 89.7 Å². The van der Waals surface area contributed by atoms with Crippen LogP contribution in [0.1, 0.15) is 49.4 Å². The molecule has 0 aliphatic rings. The summed E-state index contributed by atoms with van der Waals surface area (Å²) in [4.78, 5) is 21.2. The van der Waals surface area contributed by atoms with Gasteiger partial charge in [-0.05, 0) is 6.42 Å². The molecular formula is C14H18ClNO5. The van der Waals surface area contributed by atoms with E-state index in [0.29, 0.717) is 6.61 Å². The number of unbranched alkanes of at least 4 members (excludes halogenated alkanes) is 4. The maximum absolute atomic E-state index is 11.2. The molecule has 1 N–H and O–H groups in total. The van der Waals surface area contributed by atoms with Crippen molar-refractivity contribution in [2.75, 3.05) is 6.61 Å². The van der Waals surface area contributed by atoms with Crippen molar-refractivity contribution in [1.29, 1.82) is 0 Å². The van der Waals surface area contributed by atoms with E-state index in [4.69, 9.17) is 21.4 Å². The molecular weight excluding hydrogens is 298 g/mol. The van der Waals surface area contributed by atoms with Crippen LogP contribution in [0.2, 0.25) is 5.02 Å². The number of carboxylic acids is 1. The molecule has 0 aromatic heterocycles. The SMILES string of the molecule is CCCCCCCOc1c(Cl)cc([N+](=O)[O-])cc1C(=O)O. The fourth-order valence-corrected chi connectivity index (χ4v) is 2.14. The summed E-state index contributed by atoms with van der Waals surface area (Å²) in [6.45, 7) is 2.45. The lowest BCUT2D eigenvalue weighted by Crippen LogP contribution is -2.06. The maximum atomic E-state index is 11.2. The smallest absolute Gasteiger partial charge is 0.339 e. The number of hydrogen-bond donors (Lipinski definition) is 1. The highest BCUT2D eigenvalue weighted by Gasteiger charge is 2.21. The molecule has 1 rings (SSSR count). The molecule has 21 heavy (non-hydrogen) atoms. The summed E-state index contributed by atoms with van der Waals surface area (Å²) in [5, 5.41) is 19.8. The van der Waals surface area contributed by atoms with Crippen LogP contribution >= 0.6 is 11.6 Å². The maximum Gasteiger partial charge on any atom is 0.339 e. The van der Waals surface area contributed by atoms with Crippen LogP contribution in [-0.2, 0) is 0 Å². The Kier molecular flexibility index (Phi) is 6.94. The second kappa shape index (κ2) is 8.46. The molecule has 0 spiro atoms. The van der Waals surface area contributed by atoms with Gasteiger partial charge in [-0.1, -0.05) is 44.2 Å². The van der Waals surface area contributed by atoms with E-state index in [-0.39, 0.29) is 22.0 Å². The first-order valence-electron chi connectivity index (χ1n) is 6.81.